The number of carbonyl (C=O) groups is 1. The zero-order valence-corrected chi connectivity index (χ0v) is 56.4. The number of aliphatic carboxylic acids is 1. The Bertz CT molecular complexity index is 1080. The van der Waals surface area contributed by atoms with Crippen molar-refractivity contribution in [3.8, 4) is 0 Å². The maximum absolute atomic E-state index is 10.5. The SMILES string of the molecule is CNCNCCCCCCCCCCCCCCCCCCCCCCCCCCCCCCCCCCCCCCCCCCCCCCCCCCCCCCCCCCCCCCCCCCCCCCCCCCC(=O)O. The van der Waals surface area contributed by atoms with Crippen molar-refractivity contribution in [2.24, 2.45) is 0 Å². The predicted octanol–water partition coefficient (Wildman–Crippen LogP) is 27.3. The lowest BCUT2D eigenvalue weighted by atomic mass is 10.0. The van der Waals surface area contributed by atoms with Gasteiger partial charge in [0.15, 0.2) is 0 Å². The van der Waals surface area contributed by atoms with Gasteiger partial charge in [-0.25, -0.2) is 0 Å². The van der Waals surface area contributed by atoms with Gasteiger partial charge in [-0.05, 0) is 26.4 Å². The maximum Gasteiger partial charge on any atom is 0.303 e. The van der Waals surface area contributed by atoms with E-state index in [0.29, 0.717) is 6.42 Å². The van der Waals surface area contributed by atoms with E-state index in [1.807, 2.05) is 7.05 Å². The zero-order valence-electron chi connectivity index (χ0n) is 56.4. The van der Waals surface area contributed by atoms with Crippen molar-refractivity contribution in [2.45, 2.75) is 469 Å². The van der Waals surface area contributed by atoms with Crippen molar-refractivity contribution < 1.29 is 9.90 Å². The zero-order chi connectivity index (χ0) is 58.0. The summed E-state index contributed by atoms with van der Waals surface area (Å²) in [5.41, 5.74) is 0. The molecule has 0 unspecified atom stereocenters. The Kier molecular flexibility index (Phi) is 76.8. The molecule has 0 saturated heterocycles. The van der Waals surface area contributed by atoms with Crippen LogP contribution < -0.4 is 10.6 Å². The highest BCUT2D eigenvalue weighted by Crippen LogP contribution is 2.21. The first-order valence-corrected chi connectivity index (χ1v) is 38.8. The van der Waals surface area contributed by atoms with Crippen LogP contribution >= 0.6 is 0 Å². The Morgan fingerprint density at radius 2 is 0.309 bits per heavy atom. The molecule has 0 aliphatic carbocycles. The van der Waals surface area contributed by atoms with E-state index in [1.165, 1.54) is 456 Å². The average molecular weight is 1140 g/mol. The van der Waals surface area contributed by atoms with Crippen molar-refractivity contribution in [3.05, 3.63) is 0 Å². The fourth-order valence-corrected chi connectivity index (χ4v) is 13.1. The lowest BCUT2D eigenvalue weighted by Gasteiger charge is -2.05. The van der Waals surface area contributed by atoms with Gasteiger partial charge in [0.2, 0.25) is 0 Å². The first kappa shape index (κ1) is 80.4. The van der Waals surface area contributed by atoms with Gasteiger partial charge >= 0.3 is 5.97 Å². The lowest BCUT2D eigenvalue weighted by Crippen LogP contribution is -2.26. The molecule has 0 saturated carbocycles. The second-order valence-electron chi connectivity index (χ2n) is 27.1. The van der Waals surface area contributed by atoms with Gasteiger partial charge in [-0.2, -0.15) is 0 Å². The Balaban J connectivity index is 3.08. The molecule has 0 aromatic heterocycles. The molecule has 81 heavy (non-hydrogen) atoms. The third-order valence-electron chi connectivity index (χ3n) is 18.8. The lowest BCUT2D eigenvalue weighted by molar-refractivity contribution is -0.137. The van der Waals surface area contributed by atoms with E-state index in [2.05, 4.69) is 10.6 Å². The molecule has 3 N–H and O–H groups in total. The highest BCUT2D eigenvalue weighted by Gasteiger charge is 2.02. The van der Waals surface area contributed by atoms with E-state index in [9.17, 15) is 4.79 Å². The molecule has 0 heterocycles. The Hall–Kier alpha value is -0.610. The Morgan fingerprint density at radius 1 is 0.198 bits per heavy atom. The summed E-state index contributed by atoms with van der Waals surface area (Å²) in [6, 6.07) is 0. The highest BCUT2D eigenvalue weighted by atomic mass is 16.4. The van der Waals surface area contributed by atoms with Crippen molar-refractivity contribution in [3.63, 3.8) is 0 Å². The molecule has 4 heteroatoms. The standard InChI is InChI=1S/C77H156N2O2/c1-78-76-79-75-73-71-69-67-65-63-61-59-57-55-53-51-49-47-45-43-41-39-37-35-33-31-29-27-25-23-21-19-17-15-13-11-9-7-5-3-2-4-6-8-10-12-14-16-18-20-22-24-26-28-30-32-34-36-38-40-42-44-46-48-50-52-54-56-58-60-62-64-66-68-70-72-74-77(80)81/h78-79H,2-76H2,1H3,(H,80,81). The summed E-state index contributed by atoms with van der Waals surface area (Å²) >= 11 is 0. The second kappa shape index (κ2) is 77.4. The number of nitrogens with one attached hydrogen (secondary N) is 2. The van der Waals surface area contributed by atoms with E-state index in [1.54, 1.807) is 0 Å². The van der Waals surface area contributed by atoms with E-state index in [0.717, 1.165) is 19.5 Å². The minimum Gasteiger partial charge on any atom is -0.481 e. The molecule has 0 fully saturated rings. The summed E-state index contributed by atoms with van der Waals surface area (Å²) in [5.74, 6) is -0.645. The summed E-state index contributed by atoms with van der Waals surface area (Å²) in [5, 5.41) is 15.2. The number of carboxylic acid groups (broad SMARTS) is 1. The van der Waals surface area contributed by atoms with E-state index >= 15 is 0 Å². The monoisotopic (exact) mass is 1140 g/mol. The molecule has 0 radical (unpaired) electrons. The van der Waals surface area contributed by atoms with Crippen LogP contribution in [0.3, 0.4) is 0 Å². The summed E-state index contributed by atoms with van der Waals surface area (Å²) in [4.78, 5) is 10.5. The maximum atomic E-state index is 10.5. The first-order chi connectivity index (χ1) is 40.3. The van der Waals surface area contributed by atoms with Crippen LogP contribution in [0.2, 0.25) is 0 Å². The fourth-order valence-electron chi connectivity index (χ4n) is 13.1. The minimum atomic E-state index is -0.645. The molecule has 0 aromatic carbocycles. The van der Waals surface area contributed by atoms with Crippen LogP contribution in [0.1, 0.15) is 469 Å². The van der Waals surface area contributed by atoms with Gasteiger partial charge in [0.05, 0.1) is 0 Å². The molecule has 0 spiro atoms. The van der Waals surface area contributed by atoms with Gasteiger partial charge in [-0.3, -0.25) is 4.79 Å². The average Bonchev–Trinajstić information content (AvgIpc) is 3.47. The molecular formula is C77H156N2O2. The Morgan fingerprint density at radius 3 is 0.420 bits per heavy atom. The third-order valence-corrected chi connectivity index (χ3v) is 18.8. The molecule has 486 valence electrons. The fraction of sp³-hybridized carbons (Fsp3) is 0.987. The smallest absolute Gasteiger partial charge is 0.303 e. The van der Waals surface area contributed by atoms with Crippen LogP contribution in [0.5, 0.6) is 0 Å². The molecule has 0 aliphatic heterocycles. The van der Waals surface area contributed by atoms with E-state index in [-0.39, 0.29) is 0 Å². The van der Waals surface area contributed by atoms with Crippen LogP contribution in [0, 0.1) is 0 Å². The van der Waals surface area contributed by atoms with E-state index < -0.39 is 5.97 Å². The predicted molar refractivity (Wildman–Crippen MR) is 367 cm³/mol. The summed E-state index contributed by atoms with van der Waals surface area (Å²) < 4.78 is 0. The number of hydrogen-bond acceptors (Lipinski definition) is 3. The van der Waals surface area contributed by atoms with Crippen LogP contribution in [0.4, 0.5) is 0 Å². The van der Waals surface area contributed by atoms with Gasteiger partial charge in [0, 0.05) is 13.1 Å². The molecule has 0 aromatic rings. The van der Waals surface area contributed by atoms with Crippen LogP contribution in [0.15, 0.2) is 0 Å². The number of rotatable bonds is 77. The molecule has 0 aliphatic rings. The number of carboxylic acids is 1. The second-order valence-corrected chi connectivity index (χ2v) is 27.1. The molecular weight excluding hydrogens is 985 g/mol. The molecule has 0 bridgehead atoms. The molecule has 4 nitrogen and oxygen atoms in total. The number of hydrogen-bond donors (Lipinski definition) is 3. The van der Waals surface area contributed by atoms with Crippen molar-refractivity contribution in [1.29, 1.82) is 0 Å². The van der Waals surface area contributed by atoms with Crippen molar-refractivity contribution in [2.75, 3.05) is 20.3 Å². The van der Waals surface area contributed by atoms with E-state index in [4.69, 9.17) is 5.11 Å². The van der Waals surface area contributed by atoms with Crippen molar-refractivity contribution >= 4 is 5.97 Å². The number of unbranched alkanes of at least 4 members (excludes halogenated alkanes) is 71. The van der Waals surface area contributed by atoms with Gasteiger partial charge in [0.1, 0.15) is 0 Å². The van der Waals surface area contributed by atoms with Gasteiger partial charge in [-0.1, -0.05) is 449 Å². The van der Waals surface area contributed by atoms with Crippen molar-refractivity contribution in [1.82, 2.24) is 10.6 Å². The molecule has 0 rings (SSSR count). The van der Waals surface area contributed by atoms with Crippen LogP contribution in [0.25, 0.3) is 0 Å². The largest absolute Gasteiger partial charge is 0.481 e. The molecule has 0 amide bonds. The first-order valence-electron chi connectivity index (χ1n) is 38.8. The highest BCUT2D eigenvalue weighted by molar-refractivity contribution is 5.66. The quantitative estimate of drug-likeness (QED) is 0.0420. The van der Waals surface area contributed by atoms with Gasteiger partial charge in [-0.15, -0.1) is 0 Å². The van der Waals surface area contributed by atoms with Gasteiger partial charge in [0.25, 0.3) is 0 Å². The summed E-state index contributed by atoms with van der Waals surface area (Å²) in [6.07, 6.45) is 105. The van der Waals surface area contributed by atoms with Crippen LogP contribution in [-0.2, 0) is 4.79 Å². The van der Waals surface area contributed by atoms with Gasteiger partial charge < -0.3 is 15.7 Å². The van der Waals surface area contributed by atoms with Crippen LogP contribution in [-0.4, -0.2) is 31.3 Å². The topological polar surface area (TPSA) is 61.4 Å². The summed E-state index contributed by atoms with van der Waals surface area (Å²) in [6.45, 7) is 2.11. The normalized spacial score (nSPS) is 11.7. The third kappa shape index (κ3) is 79.4. The Labute approximate surface area is 513 Å². The minimum absolute atomic E-state index is 0.347. The summed E-state index contributed by atoms with van der Waals surface area (Å²) in [7, 11) is 2.00. The molecule has 0 atom stereocenters.